The lowest BCUT2D eigenvalue weighted by Gasteiger charge is -2.02. The van der Waals surface area contributed by atoms with Gasteiger partial charge in [-0.2, -0.15) is 0 Å². The molecular formula is C17H14O4. The summed E-state index contributed by atoms with van der Waals surface area (Å²) in [6.07, 6.45) is 0. The van der Waals surface area contributed by atoms with E-state index in [1.54, 1.807) is 30.3 Å². The van der Waals surface area contributed by atoms with Gasteiger partial charge >= 0.3 is 5.97 Å². The fourth-order valence-electron chi connectivity index (χ4n) is 1.83. The number of aromatic hydroxyl groups is 2. The van der Waals surface area contributed by atoms with Crippen LogP contribution in [0.25, 0.3) is 10.8 Å². The van der Waals surface area contributed by atoms with Crippen LogP contribution in [0.1, 0.15) is 10.4 Å². The van der Waals surface area contributed by atoms with E-state index < -0.39 is 5.97 Å². The minimum atomic E-state index is -1.12. The number of para-hydroxylation sites is 1. The molecule has 0 amide bonds. The Balaban J connectivity index is 0.000000194. The van der Waals surface area contributed by atoms with Crippen molar-refractivity contribution in [3.8, 4) is 11.5 Å². The van der Waals surface area contributed by atoms with E-state index in [2.05, 4.69) is 0 Å². The summed E-state index contributed by atoms with van der Waals surface area (Å²) in [4.78, 5) is 10.7. The first-order chi connectivity index (χ1) is 10.1. The molecule has 0 aliphatic rings. The second-order valence-electron chi connectivity index (χ2n) is 4.36. The molecule has 3 N–H and O–H groups in total. The van der Waals surface area contributed by atoms with E-state index in [0.29, 0.717) is 5.75 Å². The van der Waals surface area contributed by atoms with Crippen LogP contribution in [0.4, 0.5) is 0 Å². The summed E-state index contributed by atoms with van der Waals surface area (Å²) in [6, 6.07) is 18.9. The van der Waals surface area contributed by atoms with Crippen molar-refractivity contribution in [3.63, 3.8) is 0 Å². The summed E-state index contributed by atoms with van der Waals surface area (Å²) < 4.78 is 0. The van der Waals surface area contributed by atoms with Crippen molar-refractivity contribution >= 4 is 16.7 Å². The molecule has 4 nitrogen and oxygen atoms in total. The molecule has 0 aromatic heterocycles. The van der Waals surface area contributed by atoms with E-state index in [1.807, 2.05) is 24.3 Å². The zero-order valence-electron chi connectivity index (χ0n) is 11.1. The summed E-state index contributed by atoms with van der Waals surface area (Å²) in [5.74, 6) is -0.994. The van der Waals surface area contributed by atoms with Gasteiger partial charge in [-0.3, -0.25) is 0 Å². The molecule has 3 aromatic carbocycles. The van der Waals surface area contributed by atoms with Crippen molar-refractivity contribution in [1.29, 1.82) is 0 Å². The molecule has 0 atom stereocenters. The van der Waals surface area contributed by atoms with Gasteiger partial charge in [-0.15, -0.1) is 0 Å². The fraction of sp³-hybridized carbons (Fsp3) is 0. The Morgan fingerprint density at radius 3 is 1.76 bits per heavy atom. The van der Waals surface area contributed by atoms with Crippen molar-refractivity contribution in [2.45, 2.75) is 0 Å². The van der Waals surface area contributed by atoms with Gasteiger partial charge in [-0.05, 0) is 35.0 Å². The van der Waals surface area contributed by atoms with Gasteiger partial charge in [-0.25, -0.2) is 4.79 Å². The number of aromatic carboxylic acids is 1. The van der Waals surface area contributed by atoms with Crippen LogP contribution in [0.5, 0.6) is 11.5 Å². The molecule has 0 unspecified atom stereocenters. The van der Waals surface area contributed by atoms with E-state index in [-0.39, 0.29) is 11.3 Å². The number of hydrogen-bond acceptors (Lipinski definition) is 3. The number of rotatable bonds is 1. The highest BCUT2D eigenvalue weighted by Gasteiger charge is 2.09. The van der Waals surface area contributed by atoms with Crippen molar-refractivity contribution in [2.24, 2.45) is 0 Å². The molecule has 0 aliphatic heterocycles. The van der Waals surface area contributed by atoms with E-state index in [9.17, 15) is 9.90 Å². The predicted molar refractivity (Wildman–Crippen MR) is 80.7 cm³/mol. The highest BCUT2D eigenvalue weighted by Crippen LogP contribution is 2.24. The topological polar surface area (TPSA) is 77.8 Å². The van der Waals surface area contributed by atoms with Crippen molar-refractivity contribution in [1.82, 2.24) is 0 Å². The van der Waals surface area contributed by atoms with Gasteiger partial charge in [0, 0.05) is 0 Å². The molecular weight excluding hydrogens is 268 g/mol. The van der Waals surface area contributed by atoms with E-state index >= 15 is 0 Å². The van der Waals surface area contributed by atoms with Crippen LogP contribution in [0, 0.1) is 0 Å². The third kappa shape index (κ3) is 3.73. The number of phenolic OH excluding ortho intramolecular Hbond substituents is 1. The van der Waals surface area contributed by atoms with E-state index in [4.69, 9.17) is 10.2 Å². The largest absolute Gasteiger partial charge is 0.508 e. The summed E-state index contributed by atoms with van der Waals surface area (Å²) in [6.45, 7) is 0. The van der Waals surface area contributed by atoms with Crippen LogP contribution in [0.15, 0.2) is 66.7 Å². The number of carbonyl (C=O) groups is 1. The Morgan fingerprint density at radius 1 is 0.762 bits per heavy atom. The lowest BCUT2D eigenvalue weighted by molar-refractivity contribution is 0.0694. The van der Waals surface area contributed by atoms with Crippen LogP contribution >= 0.6 is 0 Å². The monoisotopic (exact) mass is 282 g/mol. The SMILES string of the molecule is O=C(O)c1cc2ccccc2cc1O.Oc1ccccc1. The molecule has 0 fully saturated rings. The first kappa shape index (κ1) is 14.4. The van der Waals surface area contributed by atoms with Crippen molar-refractivity contribution in [2.75, 3.05) is 0 Å². The van der Waals surface area contributed by atoms with E-state index in [1.165, 1.54) is 12.1 Å². The maximum Gasteiger partial charge on any atom is 0.339 e. The van der Waals surface area contributed by atoms with Crippen LogP contribution < -0.4 is 0 Å². The molecule has 3 rings (SSSR count). The number of carboxylic acids is 1. The quantitative estimate of drug-likeness (QED) is 0.637. The maximum atomic E-state index is 10.7. The zero-order chi connectivity index (χ0) is 15.2. The average molecular weight is 282 g/mol. The Labute approximate surface area is 121 Å². The van der Waals surface area contributed by atoms with Gasteiger partial charge in [0.2, 0.25) is 0 Å². The average Bonchev–Trinajstić information content (AvgIpc) is 2.47. The molecule has 0 heterocycles. The first-order valence-electron chi connectivity index (χ1n) is 6.27. The fourth-order valence-corrected chi connectivity index (χ4v) is 1.83. The summed E-state index contributed by atoms with van der Waals surface area (Å²) >= 11 is 0. The van der Waals surface area contributed by atoms with E-state index in [0.717, 1.165) is 10.8 Å². The molecule has 0 radical (unpaired) electrons. The van der Waals surface area contributed by atoms with Crippen molar-refractivity contribution in [3.05, 3.63) is 72.3 Å². The Morgan fingerprint density at radius 2 is 1.29 bits per heavy atom. The van der Waals surface area contributed by atoms with Gasteiger partial charge in [0.05, 0.1) is 0 Å². The molecule has 4 heteroatoms. The zero-order valence-corrected chi connectivity index (χ0v) is 11.1. The highest BCUT2D eigenvalue weighted by atomic mass is 16.4. The number of benzene rings is 3. The third-order valence-electron chi connectivity index (χ3n) is 2.85. The molecule has 0 bridgehead atoms. The van der Waals surface area contributed by atoms with Crippen LogP contribution in [0.2, 0.25) is 0 Å². The molecule has 3 aromatic rings. The predicted octanol–water partition coefficient (Wildman–Crippen LogP) is 3.64. The third-order valence-corrected chi connectivity index (χ3v) is 2.85. The second kappa shape index (κ2) is 6.43. The normalized spacial score (nSPS) is 9.71. The molecule has 0 saturated carbocycles. The minimum absolute atomic E-state index is 0.0660. The lowest BCUT2D eigenvalue weighted by Crippen LogP contribution is -1.96. The summed E-state index contributed by atoms with van der Waals surface area (Å²) in [5.41, 5.74) is -0.0660. The van der Waals surface area contributed by atoms with Gasteiger partial charge < -0.3 is 15.3 Å². The number of carboxylic acid groups (broad SMARTS) is 1. The molecule has 0 saturated heterocycles. The van der Waals surface area contributed by atoms with Crippen LogP contribution in [0.3, 0.4) is 0 Å². The molecule has 21 heavy (non-hydrogen) atoms. The van der Waals surface area contributed by atoms with Crippen molar-refractivity contribution < 1.29 is 20.1 Å². The smallest absolute Gasteiger partial charge is 0.339 e. The van der Waals surface area contributed by atoms with Gasteiger partial charge in [-0.1, -0.05) is 42.5 Å². The highest BCUT2D eigenvalue weighted by molar-refractivity contribution is 5.97. The number of phenols is 2. The standard InChI is InChI=1S/C11H8O3.C6H6O/c12-10-6-8-4-2-1-3-7(8)5-9(10)11(13)14;7-6-4-2-1-3-5-6/h1-6,12H,(H,13,14);1-5,7H. The summed E-state index contributed by atoms with van der Waals surface area (Å²) in [7, 11) is 0. The van der Waals surface area contributed by atoms with Crippen LogP contribution in [-0.2, 0) is 0 Å². The lowest BCUT2D eigenvalue weighted by atomic mass is 10.1. The molecule has 106 valence electrons. The number of fused-ring (bicyclic) bond motifs is 1. The van der Waals surface area contributed by atoms with Gasteiger partial charge in [0.15, 0.2) is 0 Å². The molecule has 0 aliphatic carbocycles. The maximum absolute atomic E-state index is 10.7. The summed E-state index contributed by atoms with van der Waals surface area (Å²) in [5, 5.41) is 28.4. The van der Waals surface area contributed by atoms with Gasteiger partial charge in [0.1, 0.15) is 17.1 Å². The Hall–Kier alpha value is -3.01. The Bertz CT molecular complexity index is 751. The second-order valence-corrected chi connectivity index (χ2v) is 4.36. The number of hydrogen-bond donors (Lipinski definition) is 3. The Kier molecular flexibility index (Phi) is 4.41. The van der Waals surface area contributed by atoms with Crippen LogP contribution in [-0.4, -0.2) is 21.3 Å². The first-order valence-corrected chi connectivity index (χ1v) is 6.27. The van der Waals surface area contributed by atoms with Gasteiger partial charge in [0.25, 0.3) is 0 Å². The molecule has 0 spiro atoms. The minimum Gasteiger partial charge on any atom is -0.508 e.